The minimum absolute atomic E-state index is 0.177. The predicted molar refractivity (Wildman–Crippen MR) is 140 cm³/mol. The van der Waals surface area contributed by atoms with E-state index in [1.807, 2.05) is 54.9 Å². The Balaban J connectivity index is 1.43. The van der Waals surface area contributed by atoms with Crippen LogP contribution in [0, 0.1) is 0 Å². The van der Waals surface area contributed by atoms with Crippen LogP contribution in [0.1, 0.15) is 42.6 Å². The van der Waals surface area contributed by atoms with Crippen LogP contribution in [0.5, 0.6) is 0 Å². The van der Waals surface area contributed by atoms with Gasteiger partial charge in [-0.15, -0.1) is 4.40 Å². The van der Waals surface area contributed by atoms with Crippen LogP contribution in [0.2, 0.25) is 0 Å². The van der Waals surface area contributed by atoms with Crippen molar-refractivity contribution in [1.29, 1.82) is 0 Å². The molecule has 35 heavy (non-hydrogen) atoms. The Hall–Kier alpha value is -3.37. The van der Waals surface area contributed by atoms with E-state index in [4.69, 9.17) is 0 Å². The van der Waals surface area contributed by atoms with Gasteiger partial charge in [-0.1, -0.05) is 19.1 Å². The maximum Gasteiger partial charge on any atom is 0.267 e. The smallest absolute Gasteiger partial charge is 0.267 e. The number of nitrogens with zero attached hydrogens (tertiary/aromatic N) is 5. The molecule has 1 aliphatic heterocycles. The van der Waals surface area contributed by atoms with E-state index in [1.165, 1.54) is 0 Å². The average molecular weight is 494 g/mol. The lowest BCUT2D eigenvalue weighted by Crippen LogP contribution is -2.34. The number of aromatic amines is 1. The summed E-state index contributed by atoms with van der Waals surface area (Å²) < 4.78 is 20.5. The highest BCUT2D eigenvalue weighted by Gasteiger charge is 2.30. The standard InChI is InChI=1S/C25H31N7O2S/c1-2-15-32(22-10-4-6-13-27-22)16-7-8-19-11-14-28-23(19)21(18-33)24-25(31-35(34)30-24)29-17-20-9-3-5-12-26-20/h3-6,9-14,21,28,33H,2,7-8,15-18H2,1H3,(H,29,31). The van der Waals surface area contributed by atoms with Gasteiger partial charge in [0, 0.05) is 37.4 Å². The van der Waals surface area contributed by atoms with Gasteiger partial charge in [0.15, 0.2) is 5.84 Å². The lowest BCUT2D eigenvalue weighted by Gasteiger charge is -2.23. The fourth-order valence-electron chi connectivity index (χ4n) is 4.18. The number of rotatable bonds is 12. The van der Waals surface area contributed by atoms with Crippen LogP contribution >= 0.6 is 0 Å². The second-order valence-electron chi connectivity index (χ2n) is 8.25. The summed E-state index contributed by atoms with van der Waals surface area (Å²) in [4.78, 5) is 14.4. The van der Waals surface area contributed by atoms with Gasteiger partial charge in [0.25, 0.3) is 11.2 Å². The number of H-pyrrole nitrogens is 1. The summed E-state index contributed by atoms with van der Waals surface area (Å²) >= 11 is -1.71. The van der Waals surface area contributed by atoms with Gasteiger partial charge in [-0.05, 0) is 55.2 Å². The first kappa shape index (κ1) is 24.7. The third kappa shape index (κ3) is 6.40. The predicted octanol–water partition coefficient (Wildman–Crippen LogP) is 2.95. The van der Waals surface area contributed by atoms with E-state index in [9.17, 15) is 9.32 Å². The molecule has 3 N–H and O–H groups in total. The number of nitrogens with one attached hydrogen (secondary N) is 2. The number of amidine groups is 1. The third-order valence-corrected chi connectivity index (χ3v) is 6.51. The second-order valence-corrected chi connectivity index (χ2v) is 9.08. The van der Waals surface area contributed by atoms with Gasteiger partial charge in [-0.3, -0.25) is 4.98 Å². The van der Waals surface area contributed by atoms with Gasteiger partial charge in [-0.2, -0.15) is 4.40 Å². The third-order valence-electron chi connectivity index (χ3n) is 5.82. The van der Waals surface area contributed by atoms with Crippen molar-refractivity contribution in [2.24, 2.45) is 8.80 Å². The Kier molecular flexibility index (Phi) is 8.74. The van der Waals surface area contributed by atoms with Crippen molar-refractivity contribution in [2.75, 3.05) is 24.6 Å². The van der Waals surface area contributed by atoms with Crippen LogP contribution in [-0.4, -0.2) is 55.5 Å². The number of aliphatic hydroxyl groups is 1. The summed E-state index contributed by atoms with van der Waals surface area (Å²) in [6.45, 7) is 4.23. The molecule has 3 aromatic heterocycles. The Labute approximate surface area is 208 Å². The SMILES string of the molecule is CCCN(CCCc1cc[nH]c1C(CO)C1=NS(=O)N=C1NCc1ccccn1)c1ccccn1. The summed E-state index contributed by atoms with van der Waals surface area (Å²) in [5.74, 6) is 0.960. The molecule has 0 saturated heterocycles. The fraction of sp³-hybridized carbons (Fsp3) is 0.360. The molecule has 0 amide bonds. The van der Waals surface area contributed by atoms with Crippen LogP contribution in [0.15, 0.2) is 69.9 Å². The summed E-state index contributed by atoms with van der Waals surface area (Å²) in [5.41, 5.74) is 3.30. The maximum atomic E-state index is 12.2. The highest BCUT2D eigenvalue weighted by molar-refractivity contribution is 7.83. The molecule has 0 aliphatic carbocycles. The van der Waals surface area contributed by atoms with E-state index in [2.05, 4.69) is 40.9 Å². The van der Waals surface area contributed by atoms with Crippen molar-refractivity contribution in [3.63, 3.8) is 0 Å². The van der Waals surface area contributed by atoms with Crippen molar-refractivity contribution in [3.05, 3.63) is 78.0 Å². The molecule has 184 valence electrons. The molecule has 4 heterocycles. The molecule has 0 spiro atoms. The molecule has 0 saturated carbocycles. The number of aromatic nitrogens is 3. The number of hydrogen-bond donors (Lipinski definition) is 3. The number of hydrogen-bond acceptors (Lipinski definition) is 6. The average Bonchev–Trinajstić information content (AvgIpc) is 3.50. The molecule has 0 fully saturated rings. The number of aliphatic hydroxyl groups excluding tert-OH is 1. The van der Waals surface area contributed by atoms with Crippen molar-refractivity contribution in [1.82, 2.24) is 20.3 Å². The van der Waals surface area contributed by atoms with Gasteiger partial charge in [-0.25, -0.2) is 9.19 Å². The number of pyridine rings is 2. The molecule has 2 unspecified atom stereocenters. The van der Waals surface area contributed by atoms with Crippen LogP contribution in [0.25, 0.3) is 0 Å². The Bertz CT molecular complexity index is 1160. The van der Waals surface area contributed by atoms with E-state index < -0.39 is 17.1 Å². The summed E-state index contributed by atoms with van der Waals surface area (Å²) in [6, 6.07) is 13.7. The van der Waals surface area contributed by atoms with Gasteiger partial charge >= 0.3 is 0 Å². The largest absolute Gasteiger partial charge is 0.395 e. The van der Waals surface area contributed by atoms with Crippen molar-refractivity contribution in [3.8, 4) is 0 Å². The summed E-state index contributed by atoms with van der Waals surface area (Å²) in [6.07, 6.45) is 8.21. The lowest BCUT2D eigenvalue weighted by atomic mass is 9.94. The zero-order valence-electron chi connectivity index (χ0n) is 19.8. The molecule has 0 radical (unpaired) electrons. The Morgan fingerprint density at radius 3 is 2.63 bits per heavy atom. The van der Waals surface area contributed by atoms with Crippen molar-refractivity contribution in [2.45, 2.75) is 38.6 Å². The first-order valence-electron chi connectivity index (χ1n) is 11.9. The van der Waals surface area contributed by atoms with Gasteiger partial charge < -0.3 is 20.3 Å². The van der Waals surface area contributed by atoms with E-state index in [0.717, 1.165) is 55.1 Å². The van der Waals surface area contributed by atoms with Crippen LogP contribution < -0.4 is 10.2 Å². The minimum atomic E-state index is -1.71. The van der Waals surface area contributed by atoms with E-state index in [-0.39, 0.29) is 6.61 Å². The lowest BCUT2D eigenvalue weighted by molar-refractivity contribution is 0.288. The maximum absolute atomic E-state index is 12.2. The van der Waals surface area contributed by atoms with Crippen LogP contribution in [-0.2, 0) is 24.1 Å². The van der Waals surface area contributed by atoms with E-state index >= 15 is 0 Å². The molecule has 0 aromatic carbocycles. The first-order valence-corrected chi connectivity index (χ1v) is 12.9. The quantitative estimate of drug-likeness (QED) is 0.357. The molecule has 10 heteroatoms. The molecule has 3 aromatic rings. The highest BCUT2D eigenvalue weighted by atomic mass is 32.2. The fourth-order valence-corrected chi connectivity index (χ4v) is 4.92. The minimum Gasteiger partial charge on any atom is -0.395 e. The van der Waals surface area contributed by atoms with E-state index in [0.29, 0.717) is 18.1 Å². The molecular formula is C25H31N7O2S. The van der Waals surface area contributed by atoms with Crippen LogP contribution in [0.3, 0.4) is 0 Å². The molecule has 1 aliphatic rings. The van der Waals surface area contributed by atoms with Crippen LogP contribution in [0.4, 0.5) is 5.82 Å². The summed E-state index contributed by atoms with van der Waals surface area (Å²) in [7, 11) is 0. The topological polar surface area (TPSA) is 119 Å². The second kappa shape index (κ2) is 12.4. The zero-order chi connectivity index (χ0) is 24.5. The van der Waals surface area contributed by atoms with E-state index in [1.54, 1.807) is 6.20 Å². The van der Waals surface area contributed by atoms with Gasteiger partial charge in [0.1, 0.15) is 11.5 Å². The number of anilines is 1. The first-order chi connectivity index (χ1) is 17.2. The van der Waals surface area contributed by atoms with Gasteiger partial charge in [0.05, 0.1) is 24.8 Å². The molecule has 9 nitrogen and oxygen atoms in total. The number of aryl methyl sites for hydroxylation is 1. The van der Waals surface area contributed by atoms with Crippen molar-refractivity contribution >= 4 is 28.5 Å². The normalized spacial score (nSPS) is 16.0. The molecule has 2 atom stereocenters. The zero-order valence-corrected chi connectivity index (χ0v) is 20.6. The molecular weight excluding hydrogens is 462 g/mol. The molecule has 4 rings (SSSR count). The molecule has 0 bridgehead atoms. The monoisotopic (exact) mass is 493 g/mol. The Morgan fingerprint density at radius 1 is 1.09 bits per heavy atom. The summed E-state index contributed by atoms with van der Waals surface area (Å²) in [5, 5.41) is 13.5. The Morgan fingerprint density at radius 2 is 1.91 bits per heavy atom. The van der Waals surface area contributed by atoms with Gasteiger partial charge in [0.2, 0.25) is 0 Å². The van der Waals surface area contributed by atoms with Crippen molar-refractivity contribution < 1.29 is 9.32 Å². The highest BCUT2D eigenvalue weighted by Crippen LogP contribution is 2.25.